The van der Waals surface area contributed by atoms with Crippen LogP contribution in [0.5, 0.6) is 0 Å². The lowest BCUT2D eigenvalue weighted by Crippen LogP contribution is -2.01. The molecule has 0 amide bonds. The standard InChI is InChI=1S/C10H11BrFN/c1-2-3-6-13-10-5-4-8(11)7-9(10)12/h2,4-5,7,13H,1,3,6H2. The molecule has 0 heterocycles. The highest BCUT2D eigenvalue weighted by atomic mass is 79.9. The number of hydrogen-bond donors (Lipinski definition) is 1. The van der Waals surface area contributed by atoms with Gasteiger partial charge in [0.25, 0.3) is 0 Å². The predicted octanol–water partition coefficient (Wildman–Crippen LogP) is 3.58. The summed E-state index contributed by atoms with van der Waals surface area (Å²) in [6, 6.07) is 4.96. The van der Waals surface area contributed by atoms with Crippen LogP contribution in [0.25, 0.3) is 0 Å². The van der Waals surface area contributed by atoms with Crippen molar-refractivity contribution in [1.29, 1.82) is 0 Å². The minimum absolute atomic E-state index is 0.238. The number of halogens is 2. The Morgan fingerprint density at radius 2 is 2.31 bits per heavy atom. The molecule has 13 heavy (non-hydrogen) atoms. The Morgan fingerprint density at radius 3 is 2.92 bits per heavy atom. The monoisotopic (exact) mass is 243 g/mol. The van der Waals surface area contributed by atoms with Crippen molar-refractivity contribution in [3.05, 3.63) is 41.1 Å². The van der Waals surface area contributed by atoms with Gasteiger partial charge in [-0.3, -0.25) is 0 Å². The number of nitrogens with one attached hydrogen (secondary N) is 1. The van der Waals surface area contributed by atoms with Crippen molar-refractivity contribution in [2.45, 2.75) is 6.42 Å². The Labute approximate surface area is 85.8 Å². The Morgan fingerprint density at radius 1 is 1.54 bits per heavy atom. The molecule has 0 fully saturated rings. The Hall–Kier alpha value is -0.830. The first kappa shape index (κ1) is 10.3. The summed E-state index contributed by atoms with van der Waals surface area (Å²) >= 11 is 3.19. The summed E-state index contributed by atoms with van der Waals surface area (Å²) < 4.78 is 13.9. The van der Waals surface area contributed by atoms with Gasteiger partial charge < -0.3 is 5.32 Å². The van der Waals surface area contributed by atoms with Gasteiger partial charge in [0.05, 0.1) is 5.69 Å². The molecular weight excluding hydrogens is 233 g/mol. The van der Waals surface area contributed by atoms with Crippen LogP contribution >= 0.6 is 15.9 Å². The van der Waals surface area contributed by atoms with E-state index in [4.69, 9.17) is 0 Å². The molecule has 0 aliphatic carbocycles. The zero-order chi connectivity index (χ0) is 9.68. The predicted molar refractivity (Wildman–Crippen MR) is 57.4 cm³/mol. The summed E-state index contributed by atoms with van der Waals surface area (Å²) in [6.45, 7) is 4.30. The van der Waals surface area contributed by atoms with Crippen LogP contribution in [-0.4, -0.2) is 6.54 Å². The van der Waals surface area contributed by atoms with Crippen LogP contribution in [-0.2, 0) is 0 Å². The first-order valence-corrected chi connectivity index (χ1v) is 4.83. The molecule has 1 rings (SSSR count). The molecule has 1 aromatic carbocycles. The molecule has 1 N–H and O–H groups in total. The fourth-order valence-electron chi connectivity index (χ4n) is 0.942. The highest BCUT2D eigenvalue weighted by Crippen LogP contribution is 2.18. The molecule has 0 aliphatic rings. The van der Waals surface area contributed by atoms with E-state index in [0.717, 1.165) is 10.9 Å². The van der Waals surface area contributed by atoms with E-state index in [-0.39, 0.29) is 5.82 Å². The Kier molecular flexibility index (Phi) is 3.96. The molecule has 0 bridgehead atoms. The molecular formula is C10H11BrFN. The summed E-state index contributed by atoms with van der Waals surface area (Å²) in [7, 11) is 0. The summed E-state index contributed by atoms with van der Waals surface area (Å²) in [4.78, 5) is 0. The SMILES string of the molecule is C=CCCNc1ccc(Br)cc1F. The number of hydrogen-bond acceptors (Lipinski definition) is 1. The molecule has 70 valence electrons. The lowest BCUT2D eigenvalue weighted by atomic mass is 10.3. The quantitative estimate of drug-likeness (QED) is 0.630. The maximum absolute atomic E-state index is 13.2. The molecule has 0 radical (unpaired) electrons. The Bertz CT molecular complexity index is 299. The molecule has 0 aliphatic heterocycles. The average Bonchev–Trinajstić information content (AvgIpc) is 2.09. The summed E-state index contributed by atoms with van der Waals surface area (Å²) in [5.41, 5.74) is 0.532. The average molecular weight is 244 g/mol. The largest absolute Gasteiger partial charge is 0.382 e. The number of rotatable bonds is 4. The normalized spacial score (nSPS) is 9.69. The van der Waals surface area contributed by atoms with Crippen LogP contribution in [0.3, 0.4) is 0 Å². The van der Waals surface area contributed by atoms with Crippen molar-refractivity contribution in [1.82, 2.24) is 0 Å². The molecule has 0 saturated carbocycles. The van der Waals surface area contributed by atoms with Crippen molar-refractivity contribution in [3.8, 4) is 0 Å². The molecule has 1 aromatic rings. The zero-order valence-corrected chi connectivity index (χ0v) is 8.77. The maximum Gasteiger partial charge on any atom is 0.147 e. The van der Waals surface area contributed by atoms with Gasteiger partial charge >= 0.3 is 0 Å². The van der Waals surface area contributed by atoms with Crippen LogP contribution in [0, 0.1) is 5.82 Å². The number of anilines is 1. The van der Waals surface area contributed by atoms with Crippen LogP contribution in [0.1, 0.15) is 6.42 Å². The third kappa shape index (κ3) is 3.19. The van der Waals surface area contributed by atoms with Crippen molar-refractivity contribution in [2.75, 3.05) is 11.9 Å². The van der Waals surface area contributed by atoms with Crippen LogP contribution in [0.15, 0.2) is 35.3 Å². The van der Waals surface area contributed by atoms with Gasteiger partial charge in [0.15, 0.2) is 0 Å². The molecule has 3 heteroatoms. The minimum Gasteiger partial charge on any atom is -0.382 e. The molecule has 0 atom stereocenters. The highest BCUT2D eigenvalue weighted by molar-refractivity contribution is 9.10. The molecule has 1 nitrogen and oxygen atoms in total. The van der Waals surface area contributed by atoms with Crippen molar-refractivity contribution in [3.63, 3.8) is 0 Å². The van der Waals surface area contributed by atoms with E-state index in [1.54, 1.807) is 18.2 Å². The number of benzene rings is 1. The van der Waals surface area contributed by atoms with E-state index in [2.05, 4.69) is 27.8 Å². The molecule has 0 spiro atoms. The zero-order valence-electron chi connectivity index (χ0n) is 7.19. The minimum atomic E-state index is -0.238. The third-order valence-electron chi connectivity index (χ3n) is 1.60. The van der Waals surface area contributed by atoms with E-state index >= 15 is 0 Å². The van der Waals surface area contributed by atoms with Crippen LogP contribution in [0.2, 0.25) is 0 Å². The third-order valence-corrected chi connectivity index (χ3v) is 2.09. The second-order valence-corrected chi connectivity index (χ2v) is 3.54. The van der Waals surface area contributed by atoms with Gasteiger partial charge in [-0.1, -0.05) is 22.0 Å². The van der Waals surface area contributed by atoms with E-state index in [1.807, 2.05) is 0 Å². The smallest absolute Gasteiger partial charge is 0.147 e. The van der Waals surface area contributed by atoms with Crippen molar-refractivity contribution in [2.24, 2.45) is 0 Å². The van der Waals surface area contributed by atoms with E-state index in [0.29, 0.717) is 12.2 Å². The van der Waals surface area contributed by atoms with E-state index in [1.165, 1.54) is 6.07 Å². The van der Waals surface area contributed by atoms with Gasteiger partial charge in [0.2, 0.25) is 0 Å². The van der Waals surface area contributed by atoms with Crippen LogP contribution < -0.4 is 5.32 Å². The Balaban J connectivity index is 2.61. The van der Waals surface area contributed by atoms with Gasteiger partial charge in [-0.15, -0.1) is 6.58 Å². The molecule has 0 aromatic heterocycles. The first-order chi connectivity index (χ1) is 6.24. The van der Waals surface area contributed by atoms with Gasteiger partial charge in [0.1, 0.15) is 5.82 Å². The first-order valence-electron chi connectivity index (χ1n) is 4.04. The molecule has 0 saturated heterocycles. The second kappa shape index (κ2) is 5.02. The van der Waals surface area contributed by atoms with Gasteiger partial charge in [0, 0.05) is 11.0 Å². The van der Waals surface area contributed by atoms with Crippen molar-refractivity contribution >= 4 is 21.6 Å². The topological polar surface area (TPSA) is 12.0 Å². The summed E-state index contributed by atoms with van der Waals surface area (Å²) in [6.07, 6.45) is 2.62. The molecule has 0 unspecified atom stereocenters. The second-order valence-electron chi connectivity index (χ2n) is 2.63. The highest BCUT2D eigenvalue weighted by Gasteiger charge is 2.00. The maximum atomic E-state index is 13.2. The van der Waals surface area contributed by atoms with E-state index in [9.17, 15) is 4.39 Å². The van der Waals surface area contributed by atoms with Gasteiger partial charge in [-0.05, 0) is 24.6 Å². The summed E-state index contributed by atoms with van der Waals surface area (Å²) in [5, 5.41) is 2.97. The van der Waals surface area contributed by atoms with Crippen molar-refractivity contribution < 1.29 is 4.39 Å². The van der Waals surface area contributed by atoms with Gasteiger partial charge in [-0.25, -0.2) is 4.39 Å². The van der Waals surface area contributed by atoms with Gasteiger partial charge in [-0.2, -0.15) is 0 Å². The fourth-order valence-corrected chi connectivity index (χ4v) is 1.27. The van der Waals surface area contributed by atoms with E-state index < -0.39 is 0 Å². The van der Waals surface area contributed by atoms with Crippen LogP contribution in [0.4, 0.5) is 10.1 Å². The lowest BCUT2D eigenvalue weighted by molar-refractivity contribution is 0.629. The summed E-state index contributed by atoms with van der Waals surface area (Å²) in [5.74, 6) is -0.238. The fraction of sp³-hybridized carbons (Fsp3) is 0.200. The lowest BCUT2D eigenvalue weighted by Gasteiger charge is -2.05.